The van der Waals surface area contributed by atoms with Crippen LogP contribution < -0.4 is 0 Å². The number of halogens is 1. The molecule has 0 heterocycles. The largest absolute Gasteiger partial charge is 0.381 e. The zero-order chi connectivity index (χ0) is 13.3. The minimum Gasteiger partial charge on any atom is -0.381 e. The number of alkyl halides is 1. The van der Waals surface area contributed by atoms with Gasteiger partial charge in [-0.1, -0.05) is 69.8 Å². The maximum Gasteiger partial charge on any atom is 0.0507 e. The van der Waals surface area contributed by atoms with E-state index in [4.69, 9.17) is 4.74 Å². The van der Waals surface area contributed by atoms with Crippen molar-refractivity contribution in [2.24, 2.45) is 17.3 Å². The summed E-state index contributed by atoms with van der Waals surface area (Å²) in [6.45, 7) is 13.2. The van der Waals surface area contributed by atoms with Crippen molar-refractivity contribution < 1.29 is 4.74 Å². The quantitative estimate of drug-likeness (QED) is 0.527. The molecule has 0 spiro atoms. The Bertz CT molecular complexity index is 174. The Hall–Kier alpha value is 0.440. The van der Waals surface area contributed by atoms with Gasteiger partial charge in [0, 0.05) is 11.9 Å². The SMILES string of the molecule is CCCCC(CC)COCC(CBr)C(C)(C)C. The van der Waals surface area contributed by atoms with Crippen LogP contribution in [0.25, 0.3) is 0 Å². The molecule has 0 bridgehead atoms. The Morgan fingerprint density at radius 2 is 1.76 bits per heavy atom. The van der Waals surface area contributed by atoms with E-state index in [1.807, 2.05) is 0 Å². The molecule has 0 aromatic heterocycles. The average molecular weight is 307 g/mol. The molecule has 2 atom stereocenters. The smallest absolute Gasteiger partial charge is 0.0507 e. The van der Waals surface area contributed by atoms with Crippen molar-refractivity contribution in [3.05, 3.63) is 0 Å². The minimum absolute atomic E-state index is 0.328. The second-order valence-corrected chi connectivity index (χ2v) is 6.82. The van der Waals surface area contributed by atoms with Gasteiger partial charge in [-0.15, -0.1) is 0 Å². The van der Waals surface area contributed by atoms with Gasteiger partial charge in [0.05, 0.1) is 6.61 Å². The summed E-state index contributed by atoms with van der Waals surface area (Å²) in [7, 11) is 0. The summed E-state index contributed by atoms with van der Waals surface area (Å²) in [4.78, 5) is 0. The highest BCUT2D eigenvalue weighted by molar-refractivity contribution is 9.09. The lowest BCUT2D eigenvalue weighted by Gasteiger charge is -2.29. The Kier molecular flexibility index (Phi) is 9.62. The van der Waals surface area contributed by atoms with Gasteiger partial charge in [-0.2, -0.15) is 0 Å². The van der Waals surface area contributed by atoms with Gasteiger partial charge >= 0.3 is 0 Å². The Balaban J connectivity index is 3.86. The van der Waals surface area contributed by atoms with Gasteiger partial charge in [-0.05, 0) is 23.7 Å². The molecule has 0 fully saturated rings. The molecule has 0 aliphatic rings. The first kappa shape index (κ1) is 17.4. The number of rotatable bonds is 9. The maximum atomic E-state index is 5.93. The van der Waals surface area contributed by atoms with Gasteiger partial charge in [-0.3, -0.25) is 0 Å². The maximum absolute atomic E-state index is 5.93. The Morgan fingerprint density at radius 1 is 1.12 bits per heavy atom. The van der Waals surface area contributed by atoms with Crippen LogP contribution in [0.2, 0.25) is 0 Å². The highest BCUT2D eigenvalue weighted by atomic mass is 79.9. The normalized spacial score (nSPS) is 15.9. The summed E-state index contributed by atoms with van der Waals surface area (Å²) >= 11 is 3.60. The predicted octanol–water partition coefficient (Wildman–Crippen LogP) is 5.28. The third-order valence-corrected chi connectivity index (χ3v) is 4.41. The van der Waals surface area contributed by atoms with Crippen molar-refractivity contribution >= 4 is 15.9 Å². The molecule has 0 aromatic carbocycles. The molecule has 2 unspecified atom stereocenters. The standard InChI is InChI=1S/C15H31BrO/c1-6-8-9-13(7-2)11-17-12-14(10-16)15(3,4)5/h13-14H,6-12H2,1-5H3. The fraction of sp³-hybridized carbons (Fsp3) is 1.00. The van der Waals surface area contributed by atoms with Crippen molar-refractivity contribution in [3.63, 3.8) is 0 Å². The second-order valence-electron chi connectivity index (χ2n) is 6.17. The first-order chi connectivity index (χ1) is 7.95. The van der Waals surface area contributed by atoms with Crippen molar-refractivity contribution in [1.82, 2.24) is 0 Å². The Morgan fingerprint density at radius 3 is 2.18 bits per heavy atom. The van der Waals surface area contributed by atoms with Crippen LogP contribution in [0.1, 0.15) is 60.3 Å². The third-order valence-electron chi connectivity index (χ3n) is 3.63. The lowest BCUT2D eigenvalue weighted by atomic mass is 9.83. The molecular formula is C15H31BrO. The summed E-state index contributed by atoms with van der Waals surface area (Å²) in [5.41, 5.74) is 0.328. The summed E-state index contributed by atoms with van der Waals surface area (Å²) in [5, 5.41) is 1.03. The van der Waals surface area contributed by atoms with Crippen LogP contribution in [0.15, 0.2) is 0 Å². The van der Waals surface area contributed by atoms with Crippen molar-refractivity contribution in [3.8, 4) is 0 Å². The van der Waals surface area contributed by atoms with Gasteiger partial charge in [0.15, 0.2) is 0 Å². The molecule has 0 aliphatic carbocycles. The number of ether oxygens (including phenoxy) is 1. The molecule has 104 valence electrons. The molecule has 0 saturated heterocycles. The highest BCUT2D eigenvalue weighted by Gasteiger charge is 2.23. The van der Waals surface area contributed by atoms with Crippen LogP contribution in [-0.2, 0) is 4.74 Å². The van der Waals surface area contributed by atoms with Crippen molar-refractivity contribution in [2.75, 3.05) is 18.5 Å². The zero-order valence-electron chi connectivity index (χ0n) is 12.4. The molecule has 0 aromatic rings. The van der Waals surface area contributed by atoms with E-state index in [9.17, 15) is 0 Å². The summed E-state index contributed by atoms with van der Waals surface area (Å²) in [6.07, 6.45) is 5.20. The van der Waals surface area contributed by atoms with Crippen LogP contribution in [0.3, 0.4) is 0 Å². The van der Waals surface area contributed by atoms with E-state index in [0.29, 0.717) is 11.3 Å². The van der Waals surface area contributed by atoms with Gasteiger partial charge in [-0.25, -0.2) is 0 Å². The molecular weight excluding hydrogens is 276 g/mol. The molecule has 0 saturated carbocycles. The van der Waals surface area contributed by atoms with Crippen LogP contribution in [-0.4, -0.2) is 18.5 Å². The lowest BCUT2D eigenvalue weighted by Crippen LogP contribution is -2.27. The van der Waals surface area contributed by atoms with Gasteiger partial charge in [0.1, 0.15) is 0 Å². The van der Waals surface area contributed by atoms with Gasteiger partial charge in [0.2, 0.25) is 0 Å². The van der Waals surface area contributed by atoms with E-state index >= 15 is 0 Å². The molecule has 0 aliphatic heterocycles. The topological polar surface area (TPSA) is 9.23 Å². The Labute approximate surface area is 117 Å². The summed E-state index contributed by atoms with van der Waals surface area (Å²) in [5.74, 6) is 1.36. The summed E-state index contributed by atoms with van der Waals surface area (Å²) in [6, 6.07) is 0. The number of unbranched alkanes of at least 4 members (excludes halogenated alkanes) is 1. The molecule has 0 rings (SSSR count). The van der Waals surface area contributed by atoms with Crippen LogP contribution in [0.4, 0.5) is 0 Å². The van der Waals surface area contributed by atoms with E-state index in [-0.39, 0.29) is 0 Å². The van der Waals surface area contributed by atoms with E-state index in [1.165, 1.54) is 25.7 Å². The van der Waals surface area contributed by atoms with E-state index in [0.717, 1.165) is 24.5 Å². The minimum atomic E-state index is 0.328. The van der Waals surface area contributed by atoms with Gasteiger partial charge in [0.25, 0.3) is 0 Å². The first-order valence-electron chi connectivity index (χ1n) is 7.09. The van der Waals surface area contributed by atoms with Crippen LogP contribution in [0, 0.1) is 17.3 Å². The fourth-order valence-electron chi connectivity index (χ4n) is 1.80. The highest BCUT2D eigenvalue weighted by Crippen LogP contribution is 2.28. The molecule has 0 radical (unpaired) electrons. The van der Waals surface area contributed by atoms with Crippen molar-refractivity contribution in [1.29, 1.82) is 0 Å². The molecule has 0 amide bonds. The number of hydrogen-bond acceptors (Lipinski definition) is 1. The molecule has 17 heavy (non-hydrogen) atoms. The fourth-order valence-corrected chi connectivity index (χ4v) is 2.96. The van der Waals surface area contributed by atoms with E-state index in [2.05, 4.69) is 50.5 Å². The summed E-state index contributed by atoms with van der Waals surface area (Å²) < 4.78 is 5.93. The van der Waals surface area contributed by atoms with Crippen molar-refractivity contribution in [2.45, 2.75) is 60.3 Å². The lowest BCUT2D eigenvalue weighted by molar-refractivity contribution is 0.0425. The van der Waals surface area contributed by atoms with Crippen LogP contribution in [0.5, 0.6) is 0 Å². The van der Waals surface area contributed by atoms with Crippen LogP contribution >= 0.6 is 15.9 Å². The first-order valence-corrected chi connectivity index (χ1v) is 8.21. The predicted molar refractivity (Wildman–Crippen MR) is 80.9 cm³/mol. The molecule has 1 nitrogen and oxygen atoms in total. The van der Waals surface area contributed by atoms with E-state index in [1.54, 1.807) is 0 Å². The zero-order valence-corrected chi connectivity index (χ0v) is 14.0. The monoisotopic (exact) mass is 306 g/mol. The average Bonchev–Trinajstić information content (AvgIpc) is 2.26. The van der Waals surface area contributed by atoms with Gasteiger partial charge < -0.3 is 4.74 Å². The van der Waals surface area contributed by atoms with E-state index < -0.39 is 0 Å². The number of hydrogen-bond donors (Lipinski definition) is 0. The third kappa shape index (κ3) is 8.20. The molecule has 2 heteroatoms. The molecule has 0 N–H and O–H groups in total. The second kappa shape index (κ2) is 9.38.